The molecule has 0 spiro atoms. The largest absolute Gasteiger partial charge is 0.388 e. The van der Waals surface area contributed by atoms with Crippen LogP contribution in [0.3, 0.4) is 0 Å². The van der Waals surface area contributed by atoms with Crippen LogP contribution in [-0.4, -0.2) is 88.6 Å². The highest BCUT2D eigenvalue weighted by atomic mass is 32.2. The van der Waals surface area contributed by atoms with Gasteiger partial charge in [-0.2, -0.15) is 0 Å². The zero-order chi connectivity index (χ0) is 18.8. The van der Waals surface area contributed by atoms with E-state index in [0.717, 1.165) is 13.1 Å². The summed E-state index contributed by atoms with van der Waals surface area (Å²) in [5.41, 5.74) is -0.725. The van der Waals surface area contributed by atoms with Gasteiger partial charge in [0.25, 0.3) is 5.91 Å². The van der Waals surface area contributed by atoms with E-state index >= 15 is 0 Å². The molecule has 0 aromatic carbocycles. The van der Waals surface area contributed by atoms with Crippen LogP contribution in [0.15, 0.2) is 17.6 Å². The van der Waals surface area contributed by atoms with Crippen LogP contribution in [0.5, 0.6) is 0 Å². The van der Waals surface area contributed by atoms with Crippen LogP contribution in [0.1, 0.15) is 30.6 Å². The van der Waals surface area contributed by atoms with E-state index < -0.39 is 11.0 Å². The molecule has 0 saturated carbocycles. The molecule has 1 aromatic heterocycles. The molecule has 1 N–H and O–H groups in total. The number of nitrogens with zero attached hydrogens (tertiary/aromatic N) is 4. The van der Waals surface area contributed by atoms with Crippen molar-refractivity contribution in [3.05, 3.63) is 18.0 Å². The van der Waals surface area contributed by atoms with E-state index in [2.05, 4.69) is 14.9 Å². The smallest absolute Gasteiger partial charge is 0.257 e. The molecule has 26 heavy (non-hydrogen) atoms. The van der Waals surface area contributed by atoms with E-state index in [1.54, 1.807) is 12.4 Å². The molecule has 2 aliphatic heterocycles. The molecule has 3 heterocycles. The first-order valence-electron chi connectivity index (χ1n) is 9.02. The quantitative estimate of drug-likeness (QED) is 0.620. The van der Waals surface area contributed by atoms with Crippen LogP contribution in [0.25, 0.3) is 0 Å². The molecule has 0 unspecified atom stereocenters. The van der Waals surface area contributed by atoms with Gasteiger partial charge < -0.3 is 14.7 Å². The number of carbonyl (C=O) groups is 1. The maximum absolute atomic E-state index is 12.8. The molecule has 0 bridgehead atoms. The van der Waals surface area contributed by atoms with Crippen molar-refractivity contribution < 1.29 is 14.6 Å². The first kappa shape index (κ1) is 19.5. The van der Waals surface area contributed by atoms with Gasteiger partial charge in [-0.3, -0.25) is 9.69 Å². The summed E-state index contributed by atoms with van der Waals surface area (Å²) >= 11 is 1.45. The fourth-order valence-electron chi connectivity index (χ4n) is 3.67. The molecular weight excluding hydrogens is 352 g/mol. The number of hydrogen-bond donors (Lipinski definition) is 1. The number of thioether (sulfide) groups is 1. The highest BCUT2D eigenvalue weighted by Gasteiger charge is 2.49. The predicted octanol–water partition coefficient (Wildman–Crippen LogP) is 1.13. The number of morpholine rings is 1. The number of hydrogen-bond acceptors (Lipinski definition) is 7. The van der Waals surface area contributed by atoms with E-state index in [0.29, 0.717) is 50.0 Å². The zero-order valence-electron chi connectivity index (χ0n) is 15.8. The number of carbonyl (C=O) groups excluding carboxylic acids is 1. The van der Waals surface area contributed by atoms with Gasteiger partial charge in [0, 0.05) is 50.5 Å². The van der Waals surface area contributed by atoms with Gasteiger partial charge in [-0.1, -0.05) is 25.6 Å². The van der Waals surface area contributed by atoms with Gasteiger partial charge in [-0.15, -0.1) is 0 Å². The van der Waals surface area contributed by atoms with Crippen LogP contribution >= 0.6 is 11.8 Å². The second-order valence-corrected chi connectivity index (χ2v) is 8.51. The number of aromatic nitrogens is 2. The average molecular weight is 381 g/mol. The summed E-state index contributed by atoms with van der Waals surface area (Å²) in [4.78, 5) is 25.3. The molecule has 1 amide bonds. The summed E-state index contributed by atoms with van der Waals surface area (Å²) in [6.45, 7) is 8.88. The lowest BCUT2D eigenvalue weighted by Crippen LogP contribution is -2.63. The number of rotatable bonds is 4. The molecule has 7 nitrogen and oxygen atoms in total. The molecule has 2 fully saturated rings. The number of likely N-dealkylation sites (tertiary alicyclic amines) is 1. The summed E-state index contributed by atoms with van der Waals surface area (Å²) in [5, 5.41) is 12.0. The Hall–Kier alpha value is -1.22. The van der Waals surface area contributed by atoms with Gasteiger partial charge in [0.1, 0.15) is 0 Å². The molecule has 1 atom stereocenters. The minimum Gasteiger partial charge on any atom is -0.388 e. The number of β-amino-alcohol motifs (C(OH)–C–C–N with tert-alkyl or cyclic N) is 1. The molecule has 0 aliphatic carbocycles. The monoisotopic (exact) mass is 380 g/mol. The minimum absolute atomic E-state index is 0.0702. The molecule has 144 valence electrons. The lowest BCUT2D eigenvalue weighted by atomic mass is 9.69. The Balaban J connectivity index is 1.67. The van der Waals surface area contributed by atoms with Crippen molar-refractivity contribution in [2.24, 2.45) is 5.41 Å². The molecule has 1 aromatic rings. The van der Waals surface area contributed by atoms with Crippen molar-refractivity contribution >= 4 is 17.7 Å². The van der Waals surface area contributed by atoms with Crippen molar-refractivity contribution in [2.75, 3.05) is 52.2 Å². The Bertz CT molecular complexity index is 634. The Morgan fingerprint density at radius 3 is 2.50 bits per heavy atom. The summed E-state index contributed by atoms with van der Waals surface area (Å²) in [6.07, 6.45) is 5.64. The number of piperidine rings is 1. The van der Waals surface area contributed by atoms with Crippen molar-refractivity contribution in [1.29, 1.82) is 0 Å². The lowest BCUT2D eigenvalue weighted by molar-refractivity contribution is -0.133. The number of ether oxygens (including phenoxy) is 1. The standard InChI is InChI=1S/C18H28N4O3S/c1-17(2)12-22(15(23)14-10-19-16(26-3)20-11-14)5-4-18(17,24)13-21-6-8-25-9-7-21/h10-11,24H,4-9,12-13H2,1-3H3/t18-/m1/s1. The first-order chi connectivity index (χ1) is 12.3. The van der Waals surface area contributed by atoms with Crippen molar-refractivity contribution in [3.8, 4) is 0 Å². The SMILES string of the molecule is CSc1ncc(C(=O)N2CC[C@@](O)(CN3CCOCC3)C(C)(C)C2)cn1. The van der Waals surface area contributed by atoms with E-state index in [1.165, 1.54) is 11.8 Å². The predicted molar refractivity (Wildman–Crippen MR) is 100 cm³/mol. The molecule has 2 saturated heterocycles. The normalized spacial score (nSPS) is 26.7. The Morgan fingerprint density at radius 2 is 1.92 bits per heavy atom. The number of aliphatic hydroxyl groups is 1. The zero-order valence-corrected chi connectivity index (χ0v) is 16.6. The summed E-state index contributed by atoms with van der Waals surface area (Å²) in [5.74, 6) is -0.0702. The fraction of sp³-hybridized carbons (Fsp3) is 0.722. The molecule has 2 aliphatic rings. The van der Waals surface area contributed by atoms with E-state index in [-0.39, 0.29) is 5.91 Å². The molecule has 3 rings (SSSR count). The second kappa shape index (κ2) is 7.80. The van der Waals surface area contributed by atoms with E-state index in [9.17, 15) is 9.90 Å². The summed E-state index contributed by atoms with van der Waals surface area (Å²) < 4.78 is 5.40. The Labute approximate surface area is 159 Å². The van der Waals surface area contributed by atoms with Gasteiger partial charge >= 0.3 is 0 Å². The molecule has 0 radical (unpaired) electrons. The van der Waals surface area contributed by atoms with Crippen LogP contribution < -0.4 is 0 Å². The first-order valence-corrected chi connectivity index (χ1v) is 10.2. The van der Waals surface area contributed by atoms with Crippen LogP contribution in [0.2, 0.25) is 0 Å². The third-order valence-corrected chi connectivity index (χ3v) is 6.15. The average Bonchev–Trinajstić information content (AvgIpc) is 2.64. The molecule has 8 heteroatoms. The lowest BCUT2D eigenvalue weighted by Gasteiger charge is -2.52. The van der Waals surface area contributed by atoms with Gasteiger partial charge in [0.2, 0.25) is 0 Å². The van der Waals surface area contributed by atoms with Crippen LogP contribution in [0, 0.1) is 5.41 Å². The van der Waals surface area contributed by atoms with Crippen molar-refractivity contribution in [2.45, 2.75) is 31.0 Å². The van der Waals surface area contributed by atoms with E-state index in [4.69, 9.17) is 4.74 Å². The maximum atomic E-state index is 12.8. The van der Waals surface area contributed by atoms with Crippen LogP contribution in [-0.2, 0) is 4.74 Å². The summed E-state index contributed by atoms with van der Waals surface area (Å²) in [7, 11) is 0. The highest BCUT2D eigenvalue weighted by molar-refractivity contribution is 7.98. The third-order valence-electron chi connectivity index (χ3n) is 5.57. The second-order valence-electron chi connectivity index (χ2n) is 7.74. The van der Waals surface area contributed by atoms with Gasteiger partial charge in [-0.05, 0) is 12.7 Å². The Morgan fingerprint density at radius 1 is 1.27 bits per heavy atom. The topological polar surface area (TPSA) is 78.8 Å². The highest BCUT2D eigenvalue weighted by Crippen LogP contribution is 2.39. The number of amides is 1. The van der Waals surface area contributed by atoms with Gasteiger partial charge in [0.05, 0.1) is 24.4 Å². The van der Waals surface area contributed by atoms with E-state index in [1.807, 2.05) is 25.0 Å². The van der Waals surface area contributed by atoms with Crippen molar-refractivity contribution in [3.63, 3.8) is 0 Å². The summed E-state index contributed by atoms with van der Waals surface area (Å²) in [6, 6.07) is 0. The Kier molecular flexibility index (Phi) is 5.86. The fourth-order valence-corrected chi connectivity index (χ4v) is 3.99. The van der Waals surface area contributed by atoms with Gasteiger partial charge in [0.15, 0.2) is 5.16 Å². The molecular formula is C18H28N4O3S. The third kappa shape index (κ3) is 4.03. The van der Waals surface area contributed by atoms with Crippen molar-refractivity contribution in [1.82, 2.24) is 19.8 Å². The van der Waals surface area contributed by atoms with Crippen LogP contribution in [0.4, 0.5) is 0 Å². The maximum Gasteiger partial charge on any atom is 0.257 e. The van der Waals surface area contributed by atoms with Gasteiger partial charge in [-0.25, -0.2) is 9.97 Å². The minimum atomic E-state index is -0.819.